The highest BCUT2D eigenvalue weighted by molar-refractivity contribution is 5.53. The molecule has 2 rings (SSSR count). The third kappa shape index (κ3) is 3.80. The number of methoxy groups -OCH3 is 2. The molecule has 2 nitrogen and oxygen atoms in total. The van der Waals surface area contributed by atoms with Crippen molar-refractivity contribution in [2.45, 2.75) is 52.4 Å². The fourth-order valence-corrected chi connectivity index (χ4v) is 3.66. The summed E-state index contributed by atoms with van der Waals surface area (Å²) in [6.45, 7) is 10.8. The van der Waals surface area contributed by atoms with E-state index < -0.39 is 0 Å². The topological polar surface area (TPSA) is 18.5 Å². The van der Waals surface area contributed by atoms with Crippen molar-refractivity contribution < 1.29 is 9.47 Å². The normalized spacial score (nSPS) is 20.8. The molecule has 126 valence electrons. The molecule has 0 spiro atoms. The Balaban J connectivity index is 2.59. The van der Waals surface area contributed by atoms with Crippen LogP contribution < -0.4 is 9.47 Å². The molecule has 0 N–H and O–H groups in total. The molecule has 1 aromatic carbocycles. The molecular formula is C21H30O2. The molecule has 0 heterocycles. The van der Waals surface area contributed by atoms with Crippen molar-refractivity contribution in [3.8, 4) is 11.5 Å². The molecule has 0 saturated heterocycles. The van der Waals surface area contributed by atoms with Crippen molar-refractivity contribution in [2.24, 2.45) is 5.92 Å². The maximum Gasteiger partial charge on any atom is 0.126 e. The first-order valence-corrected chi connectivity index (χ1v) is 8.59. The third-order valence-electron chi connectivity index (χ3n) is 4.86. The van der Waals surface area contributed by atoms with Crippen molar-refractivity contribution in [1.82, 2.24) is 0 Å². The summed E-state index contributed by atoms with van der Waals surface area (Å²) in [5.41, 5.74) is 5.12. The Bertz CT molecular complexity index is 573. The highest BCUT2D eigenvalue weighted by Crippen LogP contribution is 2.47. The molecule has 1 aliphatic rings. The fraction of sp³-hybridized carbons (Fsp3) is 0.524. The summed E-state index contributed by atoms with van der Waals surface area (Å²) in [7, 11) is 3.51. The van der Waals surface area contributed by atoms with Crippen LogP contribution in [0.2, 0.25) is 0 Å². The van der Waals surface area contributed by atoms with Gasteiger partial charge < -0.3 is 9.47 Å². The Kier molecular flexibility index (Phi) is 5.92. The molecule has 0 amide bonds. The average molecular weight is 314 g/mol. The second-order valence-electron chi connectivity index (χ2n) is 6.69. The number of allylic oxidation sites excluding steroid dienone is 3. The summed E-state index contributed by atoms with van der Waals surface area (Å²) in [4.78, 5) is 0. The Morgan fingerprint density at radius 1 is 1.22 bits per heavy atom. The van der Waals surface area contributed by atoms with Gasteiger partial charge in [0, 0.05) is 11.5 Å². The Morgan fingerprint density at radius 2 is 1.83 bits per heavy atom. The molecular weight excluding hydrogens is 284 g/mol. The lowest BCUT2D eigenvalue weighted by Gasteiger charge is -2.32. The first kappa shape index (κ1) is 17.7. The van der Waals surface area contributed by atoms with Gasteiger partial charge in [-0.25, -0.2) is 0 Å². The summed E-state index contributed by atoms with van der Waals surface area (Å²) in [5, 5.41) is 0. The standard InChI is InChI=1S/C21H30O2/c1-7-8-16-12-19(22-5)21(20(13-16)23-6)18-11-15(4)9-10-17(18)14(2)3/h11-13,17-18H,2,7-10H2,1,3-6H3/t17-,18+/m0/s1. The highest BCUT2D eigenvalue weighted by atomic mass is 16.5. The molecule has 0 bridgehead atoms. The van der Waals surface area contributed by atoms with Crippen molar-refractivity contribution in [3.05, 3.63) is 47.1 Å². The van der Waals surface area contributed by atoms with Crippen LogP contribution in [0.25, 0.3) is 0 Å². The van der Waals surface area contributed by atoms with Crippen molar-refractivity contribution in [1.29, 1.82) is 0 Å². The largest absolute Gasteiger partial charge is 0.496 e. The van der Waals surface area contributed by atoms with E-state index in [1.165, 1.54) is 22.3 Å². The molecule has 0 aromatic heterocycles. The summed E-state index contributed by atoms with van der Waals surface area (Å²) in [6, 6.07) is 4.35. The Labute approximate surface area is 141 Å². The zero-order valence-corrected chi connectivity index (χ0v) is 15.2. The van der Waals surface area contributed by atoms with Crippen LogP contribution in [0.5, 0.6) is 11.5 Å². The minimum Gasteiger partial charge on any atom is -0.496 e. The van der Waals surface area contributed by atoms with Gasteiger partial charge in [-0.2, -0.15) is 0 Å². The molecule has 2 atom stereocenters. The van der Waals surface area contributed by atoms with E-state index in [1.54, 1.807) is 14.2 Å². The van der Waals surface area contributed by atoms with Gasteiger partial charge in [0.2, 0.25) is 0 Å². The summed E-state index contributed by atoms with van der Waals surface area (Å²) in [5.74, 6) is 2.60. The number of rotatable bonds is 6. The first-order chi connectivity index (χ1) is 11.0. The van der Waals surface area contributed by atoms with Gasteiger partial charge in [0.1, 0.15) is 11.5 Å². The van der Waals surface area contributed by atoms with E-state index in [1.807, 2.05) is 0 Å². The molecule has 0 radical (unpaired) electrons. The molecule has 1 aromatic rings. The highest BCUT2D eigenvalue weighted by Gasteiger charge is 2.30. The SMILES string of the molecule is C=C(C)[C@@H]1CCC(C)=C[C@H]1c1c(OC)cc(CCC)cc1OC. The molecule has 0 unspecified atom stereocenters. The minimum atomic E-state index is 0.279. The second-order valence-corrected chi connectivity index (χ2v) is 6.69. The molecule has 2 heteroatoms. The van der Waals surface area contributed by atoms with Gasteiger partial charge >= 0.3 is 0 Å². The summed E-state index contributed by atoms with van der Waals surface area (Å²) >= 11 is 0. The van der Waals surface area contributed by atoms with Gasteiger partial charge in [0.05, 0.1) is 14.2 Å². The van der Waals surface area contributed by atoms with E-state index in [-0.39, 0.29) is 5.92 Å². The fourth-order valence-electron chi connectivity index (χ4n) is 3.66. The zero-order valence-electron chi connectivity index (χ0n) is 15.2. The molecule has 0 fully saturated rings. The van der Waals surface area contributed by atoms with Crippen LogP contribution >= 0.6 is 0 Å². The number of aryl methyl sites for hydroxylation is 1. The summed E-state index contributed by atoms with van der Waals surface area (Å²) < 4.78 is 11.5. The van der Waals surface area contributed by atoms with Gasteiger partial charge in [-0.05, 0) is 56.7 Å². The quantitative estimate of drug-likeness (QED) is 0.630. The smallest absolute Gasteiger partial charge is 0.126 e. The van der Waals surface area contributed by atoms with Crippen molar-refractivity contribution in [2.75, 3.05) is 14.2 Å². The number of hydrogen-bond donors (Lipinski definition) is 0. The Hall–Kier alpha value is -1.70. The van der Waals surface area contributed by atoms with Gasteiger partial charge in [0.15, 0.2) is 0 Å². The van der Waals surface area contributed by atoms with Crippen LogP contribution in [-0.4, -0.2) is 14.2 Å². The van der Waals surface area contributed by atoms with Gasteiger partial charge in [-0.1, -0.05) is 37.1 Å². The van der Waals surface area contributed by atoms with E-state index in [9.17, 15) is 0 Å². The lowest BCUT2D eigenvalue weighted by atomic mass is 9.73. The minimum absolute atomic E-state index is 0.279. The van der Waals surface area contributed by atoms with Crippen LogP contribution in [0.3, 0.4) is 0 Å². The maximum absolute atomic E-state index is 5.75. The predicted octanol–water partition coefficient (Wildman–Crippen LogP) is 5.67. The number of benzene rings is 1. The maximum atomic E-state index is 5.75. The van der Waals surface area contributed by atoms with Crippen LogP contribution in [-0.2, 0) is 6.42 Å². The Morgan fingerprint density at radius 3 is 2.30 bits per heavy atom. The number of hydrogen-bond acceptors (Lipinski definition) is 2. The second kappa shape index (κ2) is 7.72. The average Bonchev–Trinajstić information content (AvgIpc) is 2.53. The van der Waals surface area contributed by atoms with E-state index in [4.69, 9.17) is 9.47 Å². The van der Waals surface area contributed by atoms with Gasteiger partial charge in [-0.3, -0.25) is 0 Å². The van der Waals surface area contributed by atoms with Crippen LogP contribution in [0, 0.1) is 5.92 Å². The van der Waals surface area contributed by atoms with Crippen LogP contribution in [0.4, 0.5) is 0 Å². The molecule has 0 saturated carbocycles. The lowest BCUT2D eigenvalue weighted by molar-refractivity contribution is 0.368. The van der Waals surface area contributed by atoms with E-state index in [0.717, 1.165) is 37.2 Å². The molecule has 0 aliphatic heterocycles. The van der Waals surface area contributed by atoms with Gasteiger partial charge in [0.25, 0.3) is 0 Å². The molecule has 23 heavy (non-hydrogen) atoms. The number of ether oxygens (including phenoxy) is 2. The van der Waals surface area contributed by atoms with Gasteiger partial charge in [-0.15, -0.1) is 0 Å². The summed E-state index contributed by atoms with van der Waals surface area (Å²) in [6.07, 6.45) is 6.82. The van der Waals surface area contributed by atoms with Crippen LogP contribution in [0.1, 0.15) is 57.1 Å². The van der Waals surface area contributed by atoms with E-state index in [0.29, 0.717) is 5.92 Å². The van der Waals surface area contributed by atoms with Crippen molar-refractivity contribution >= 4 is 0 Å². The predicted molar refractivity (Wildman–Crippen MR) is 97.6 cm³/mol. The first-order valence-electron chi connectivity index (χ1n) is 8.59. The monoisotopic (exact) mass is 314 g/mol. The lowest BCUT2D eigenvalue weighted by Crippen LogP contribution is -2.18. The molecule has 1 aliphatic carbocycles. The van der Waals surface area contributed by atoms with Crippen molar-refractivity contribution in [3.63, 3.8) is 0 Å². The van der Waals surface area contributed by atoms with E-state index in [2.05, 4.69) is 45.6 Å². The van der Waals surface area contributed by atoms with Crippen LogP contribution in [0.15, 0.2) is 35.9 Å². The zero-order chi connectivity index (χ0) is 17.0. The third-order valence-corrected chi connectivity index (χ3v) is 4.86. The van der Waals surface area contributed by atoms with E-state index >= 15 is 0 Å².